The van der Waals surface area contributed by atoms with E-state index in [0.717, 1.165) is 6.42 Å². The first-order valence-electron chi connectivity index (χ1n) is 5.58. The SMILES string of the molecule is COC1CC(N)CN(C(=O)OC(C)(C)C)C1. The Kier molecular flexibility index (Phi) is 4.15. The van der Waals surface area contributed by atoms with Crippen molar-refractivity contribution < 1.29 is 14.3 Å². The van der Waals surface area contributed by atoms with Gasteiger partial charge in [-0.15, -0.1) is 0 Å². The molecular weight excluding hydrogens is 208 g/mol. The summed E-state index contributed by atoms with van der Waals surface area (Å²) in [6, 6.07) is -0.0359. The topological polar surface area (TPSA) is 64.8 Å². The van der Waals surface area contributed by atoms with Gasteiger partial charge in [0, 0.05) is 19.7 Å². The Hall–Kier alpha value is -0.810. The lowest BCUT2D eigenvalue weighted by molar-refractivity contribution is -0.0103. The number of likely N-dealkylation sites (tertiary alicyclic amines) is 1. The van der Waals surface area contributed by atoms with Crippen molar-refractivity contribution in [3.05, 3.63) is 0 Å². The Morgan fingerprint density at radius 3 is 2.50 bits per heavy atom. The molecular formula is C11H22N2O3. The van der Waals surface area contributed by atoms with Gasteiger partial charge in [-0.2, -0.15) is 0 Å². The Morgan fingerprint density at radius 2 is 2.00 bits per heavy atom. The standard InChI is InChI=1S/C11H22N2O3/c1-11(2,3)16-10(14)13-6-8(12)5-9(7-13)15-4/h8-9H,5-7,12H2,1-4H3. The quantitative estimate of drug-likeness (QED) is 0.729. The lowest BCUT2D eigenvalue weighted by Gasteiger charge is -2.36. The second-order valence-corrected chi connectivity index (χ2v) is 5.24. The molecule has 1 fully saturated rings. The van der Waals surface area contributed by atoms with Crippen LogP contribution in [0.15, 0.2) is 0 Å². The summed E-state index contributed by atoms with van der Waals surface area (Å²) < 4.78 is 10.5. The predicted octanol–water partition coefficient (Wildman–Crippen LogP) is 0.969. The van der Waals surface area contributed by atoms with E-state index in [1.54, 1.807) is 12.0 Å². The zero-order valence-electron chi connectivity index (χ0n) is 10.5. The second-order valence-electron chi connectivity index (χ2n) is 5.24. The predicted molar refractivity (Wildman–Crippen MR) is 61.2 cm³/mol. The van der Waals surface area contributed by atoms with Crippen LogP contribution in [0, 0.1) is 0 Å². The summed E-state index contributed by atoms with van der Waals surface area (Å²) in [7, 11) is 1.63. The van der Waals surface area contributed by atoms with Crippen molar-refractivity contribution in [2.45, 2.75) is 44.9 Å². The van der Waals surface area contributed by atoms with Crippen LogP contribution < -0.4 is 5.73 Å². The average Bonchev–Trinajstić information content (AvgIpc) is 2.14. The smallest absolute Gasteiger partial charge is 0.410 e. The molecule has 2 N–H and O–H groups in total. The van der Waals surface area contributed by atoms with Crippen molar-refractivity contribution in [1.82, 2.24) is 4.90 Å². The number of hydrogen-bond acceptors (Lipinski definition) is 4. The first-order valence-corrected chi connectivity index (χ1v) is 5.58. The van der Waals surface area contributed by atoms with Gasteiger partial charge in [0.2, 0.25) is 0 Å². The fourth-order valence-electron chi connectivity index (χ4n) is 1.74. The molecule has 2 atom stereocenters. The number of nitrogens with zero attached hydrogens (tertiary/aromatic N) is 1. The first-order chi connectivity index (χ1) is 7.31. The number of rotatable bonds is 1. The Bertz CT molecular complexity index is 250. The molecule has 5 nitrogen and oxygen atoms in total. The normalized spacial score (nSPS) is 26.7. The van der Waals surface area contributed by atoms with Crippen molar-refractivity contribution in [2.75, 3.05) is 20.2 Å². The van der Waals surface area contributed by atoms with Gasteiger partial charge >= 0.3 is 6.09 Å². The van der Waals surface area contributed by atoms with Gasteiger partial charge in [0.15, 0.2) is 0 Å². The van der Waals surface area contributed by atoms with Gasteiger partial charge in [-0.25, -0.2) is 4.79 Å². The van der Waals surface area contributed by atoms with E-state index in [-0.39, 0.29) is 18.2 Å². The van der Waals surface area contributed by atoms with Crippen molar-refractivity contribution in [3.63, 3.8) is 0 Å². The summed E-state index contributed by atoms with van der Waals surface area (Å²) in [6.07, 6.45) is 0.483. The molecule has 94 valence electrons. The van der Waals surface area contributed by atoms with E-state index in [0.29, 0.717) is 13.1 Å². The molecule has 0 aromatic rings. The van der Waals surface area contributed by atoms with Gasteiger partial charge in [0.05, 0.1) is 12.6 Å². The molecule has 16 heavy (non-hydrogen) atoms. The highest BCUT2D eigenvalue weighted by Gasteiger charge is 2.30. The molecule has 0 saturated carbocycles. The van der Waals surface area contributed by atoms with E-state index in [1.165, 1.54) is 0 Å². The molecule has 5 heteroatoms. The molecule has 1 saturated heterocycles. The summed E-state index contributed by atoms with van der Waals surface area (Å²) in [5.41, 5.74) is 5.39. The van der Waals surface area contributed by atoms with Crippen LogP contribution in [0.25, 0.3) is 0 Å². The molecule has 1 rings (SSSR count). The van der Waals surface area contributed by atoms with Crippen LogP contribution in [0.3, 0.4) is 0 Å². The highest BCUT2D eigenvalue weighted by molar-refractivity contribution is 5.68. The summed E-state index contributed by atoms with van der Waals surface area (Å²) in [5.74, 6) is 0. The van der Waals surface area contributed by atoms with E-state index in [4.69, 9.17) is 15.2 Å². The molecule has 0 radical (unpaired) electrons. The minimum Gasteiger partial charge on any atom is -0.444 e. The number of amides is 1. The minimum absolute atomic E-state index is 0.0104. The summed E-state index contributed by atoms with van der Waals surface area (Å²) in [4.78, 5) is 13.4. The van der Waals surface area contributed by atoms with E-state index < -0.39 is 5.60 Å². The molecule has 0 bridgehead atoms. The maximum atomic E-state index is 11.8. The fraction of sp³-hybridized carbons (Fsp3) is 0.909. The number of methoxy groups -OCH3 is 1. The molecule has 0 aromatic carbocycles. The minimum atomic E-state index is -0.471. The molecule has 1 amide bonds. The van der Waals surface area contributed by atoms with Gasteiger partial charge in [0.25, 0.3) is 0 Å². The number of nitrogens with two attached hydrogens (primary N) is 1. The second kappa shape index (κ2) is 5.01. The molecule has 1 aliphatic heterocycles. The average molecular weight is 230 g/mol. The number of carbonyl (C=O) groups excluding carboxylic acids is 1. The zero-order chi connectivity index (χ0) is 12.3. The number of carbonyl (C=O) groups is 1. The number of ether oxygens (including phenoxy) is 2. The van der Waals surface area contributed by atoms with Crippen LogP contribution in [-0.4, -0.2) is 48.9 Å². The summed E-state index contributed by atoms with van der Waals surface area (Å²) in [5, 5.41) is 0. The zero-order valence-corrected chi connectivity index (χ0v) is 10.5. The summed E-state index contributed by atoms with van der Waals surface area (Å²) >= 11 is 0. The van der Waals surface area contributed by atoms with Crippen molar-refractivity contribution >= 4 is 6.09 Å². The van der Waals surface area contributed by atoms with Crippen LogP contribution >= 0.6 is 0 Å². The maximum Gasteiger partial charge on any atom is 0.410 e. The largest absolute Gasteiger partial charge is 0.444 e. The molecule has 1 heterocycles. The van der Waals surface area contributed by atoms with Crippen molar-refractivity contribution in [3.8, 4) is 0 Å². The number of hydrogen-bond donors (Lipinski definition) is 1. The van der Waals surface area contributed by atoms with Gasteiger partial charge < -0.3 is 20.1 Å². The highest BCUT2D eigenvalue weighted by Crippen LogP contribution is 2.16. The fourth-order valence-corrected chi connectivity index (χ4v) is 1.74. The van der Waals surface area contributed by atoms with Crippen LogP contribution in [-0.2, 0) is 9.47 Å². The van der Waals surface area contributed by atoms with E-state index in [9.17, 15) is 4.79 Å². The molecule has 2 unspecified atom stereocenters. The van der Waals surface area contributed by atoms with Gasteiger partial charge in [-0.05, 0) is 27.2 Å². The first kappa shape index (κ1) is 13.3. The lowest BCUT2D eigenvalue weighted by atomic mass is 10.0. The molecule has 0 spiro atoms. The van der Waals surface area contributed by atoms with Gasteiger partial charge in [-0.3, -0.25) is 0 Å². The monoisotopic (exact) mass is 230 g/mol. The van der Waals surface area contributed by atoms with Crippen LogP contribution in [0.5, 0.6) is 0 Å². The molecule has 1 aliphatic rings. The van der Waals surface area contributed by atoms with Gasteiger partial charge in [0.1, 0.15) is 5.60 Å². The van der Waals surface area contributed by atoms with E-state index in [2.05, 4.69) is 0 Å². The summed E-state index contributed by atoms with van der Waals surface area (Å²) in [6.45, 7) is 6.64. The third-order valence-electron chi connectivity index (χ3n) is 2.43. The number of piperidine rings is 1. The van der Waals surface area contributed by atoms with E-state index in [1.807, 2.05) is 20.8 Å². The third-order valence-corrected chi connectivity index (χ3v) is 2.43. The van der Waals surface area contributed by atoms with Crippen molar-refractivity contribution in [1.29, 1.82) is 0 Å². The highest BCUT2D eigenvalue weighted by atomic mass is 16.6. The van der Waals surface area contributed by atoms with Gasteiger partial charge in [-0.1, -0.05) is 0 Å². The molecule has 0 aromatic heterocycles. The lowest BCUT2D eigenvalue weighted by Crippen LogP contribution is -2.53. The van der Waals surface area contributed by atoms with Crippen LogP contribution in [0.1, 0.15) is 27.2 Å². The molecule has 0 aliphatic carbocycles. The maximum absolute atomic E-state index is 11.8. The Morgan fingerprint density at radius 1 is 1.38 bits per heavy atom. The van der Waals surface area contributed by atoms with Crippen molar-refractivity contribution in [2.24, 2.45) is 5.73 Å². The Balaban J connectivity index is 2.55. The van der Waals surface area contributed by atoms with Crippen LogP contribution in [0.4, 0.5) is 4.79 Å². The third kappa shape index (κ3) is 3.98. The Labute approximate surface area is 96.9 Å². The van der Waals surface area contributed by atoms with E-state index >= 15 is 0 Å². The van der Waals surface area contributed by atoms with Crippen LogP contribution in [0.2, 0.25) is 0 Å².